The van der Waals surface area contributed by atoms with E-state index in [-0.39, 0.29) is 23.1 Å². The van der Waals surface area contributed by atoms with Crippen molar-refractivity contribution in [2.75, 3.05) is 0 Å². The zero-order valence-electron chi connectivity index (χ0n) is 19.1. The Kier molecular flexibility index (Phi) is 6.70. The largest absolute Gasteiger partial charge is 0.489 e. The van der Waals surface area contributed by atoms with E-state index in [1.165, 1.54) is 10.5 Å². The number of amides is 2. The predicted octanol–water partition coefficient (Wildman–Crippen LogP) is 6.80. The summed E-state index contributed by atoms with van der Waals surface area (Å²) in [5.41, 5.74) is 4.17. The van der Waals surface area contributed by atoms with Gasteiger partial charge in [-0.05, 0) is 57.6 Å². The summed E-state index contributed by atoms with van der Waals surface area (Å²) in [7, 11) is 0. The fourth-order valence-corrected chi connectivity index (χ4v) is 4.32. The molecule has 2 amide bonds. The Hall–Kier alpha value is -3.31. The minimum Gasteiger partial charge on any atom is -0.489 e. The normalized spacial score (nSPS) is 15.4. The molecule has 4 nitrogen and oxygen atoms in total. The average Bonchev–Trinajstić information content (AvgIpc) is 3.06. The van der Waals surface area contributed by atoms with Crippen molar-refractivity contribution in [3.63, 3.8) is 0 Å². The molecule has 0 unspecified atom stereocenters. The van der Waals surface area contributed by atoms with Gasteiger partial charge in [-0.25, -0.2) is 0 Å². The van der Waals surface area contributed by atoms with Gasteiger partial charge in [0.1, 0.15) is 12.4 Å². The number of ether oxygens (including phenoxy) is 1. The molecule has 0 aromatic heterocycles. The summed E-state index contributed by atoms with van der Waals surface area (Å²) in [6, 6.07) is 25.6. The van der Waals surface area contributed by atoms with E-state index in [2.05, 4.69) is 32.9 Å². The molecule has 4 rings (SSSR count). The first-order valence-corrected chi connectivity index (χ1v) is 11.7. The van der Waals surface area contributed by atoms with Gasteiger partial charge in [0, 0.05) is 0 Å². The van der Waals surface area contributed by atoms with Gasteiger partial charge in [-0.2, -0.15) is 0 Å². The fraction of sp³-hybridized carbons (Fsp3) is 0.214. The number of hydrogen-bond donors (Lipinski definition) is 0. The van der Waals surface area contributed by atoms with Crippen LogP contribution in [0.25, 0.3) is 6.08 Å². The second-order valence-electron chi connectivity index (χ2n) is 9.06. The molecular formula is C28H27NO3S. The van der Waals surface area contributed by atoms with Crippen molar-refractivity contribution in [1.29, 1.82) is 0 Å². The van der Waals surface area contributed by atoms with E-state index in [1.54, 1.807) is 6.08 Å². The molecule has 33 heavy (non-hydrogen) atoms. The zero-order chi connectivity index (χ0) is 23.4. The van der Waals surface area contributed by atoms with Gasteiger partial charge >= 0.3 is 0 Å². The van der Waals surface area contributed by atoms with Gasteiger partial charge in [0.05, 0.1) is 11.4 Å². The number of nitrogens with zero attached hydrogens (tertiary/aromatic N) is 1. The van der Waals surface area contributed by atoms with Crippen molar-refractivity contribution >= 4 is 29.0 Å². The van der Waals surface area contributed by atoms with E-state index in [9.17, 15) is 9.59 Å². The van der Waals surface area contributed by atoms with Crippen molar-refractivity contribution < 1.29 is 14.3 Å². The highest BCUT2D eigenvalue weighted by atomic mass is 32.2. The summed E-state index contributed by atoms with van der Waals surface area (Å²) in [6.45, 7) is 7.25. The smallest absolute Gasteiger partial charge is 0.293 e. The van der Waals surface area contributed by atoms with Crippen LogP contribution in [0.5, 0.6) is 5.75 Å². The van der Waals surface area contributed by atoms with E-state index in [4.69, 9.17) is 4.74 Å². The first kappa shape index (κ1) is 22.9. The lowest BCUT2D eigenvalue weighted by Gasteiger charge is -2.20. The van der Waals surface area contributed by atoms with Crippen LogP contribution in [0.1, 0.15) is 43.0 Å². The Morgan fingerprint density at radius 1 is 0.848 bits per heavy atom. The minimum absolute atomic E-state index is 0.0612. The number of imide groups is 1. The summed E-state index contributed by atoms with van der Waals surface area (Å²) in [4.78, 5) is 27.1. The van der Waals surface area contributed by atoms with Crippen LogP contribution >= 0.6 is 11.8 Å². The molecule has 0 aliphatic carbocycles. The van der Waals surface area contributed by atoms with Crippen LogP contribution < -0.4 is 4.74 Å². The number of carbonyl (C=O) groups is 2. The van der Waals surface area contributed by atoms with Gasteiger partial charge < -0.3 is 4.74 Å². The van der Waals surface area contributed by atoms with Crippen LogP contribution in [0.3, 0.4) is 0 Å². The Morgan fingerprint density at radius 2 is 1.52 bits per heavy atom. The number of carbonyl (C=O) groups excluding carboxylic acids is 2. The minimum atomic E-state index is -0.255. The highest BCUT2D eigenvalue weighted by Crippen LogP contribution is 2.34. The number of rotatable bonds is 6. The SMILES string of the molecule is CC(C)(C)c1ccc(CN2C(=O)S/C(=C\c3ccc(OCc4ccccc4)cc3)C2=O)cc1. The van der Waals surface area contributed by atoms with Crippen molar-refractivity contribution in [3.8, 4) is 5.75 Å². The lowest BCUT2D eigenvalue weighted by Crippen LogP contribution is -2.27. The van der Waals surface area contributed by atoms with Crippen molar-refractivity contribution in [2.45, 2.75) is 39.3 Å². The highest BCUT2D eigenvalue weighted by molar-refractivity contribution is 8.18. The summed E-state index contributed by atoms with van der Waals surface area (Å²) < 4.78 is 5.81. The molecule has 1 aliphatic rings. The molecule has 0 atom stereocenters. The Balaban J connectivity index is 1.40. The van der Waals surface area contributed by atoms with Crippen molar-refractivity contribution in [2.24, 2.45) is 0 Å². The summed E-state index contributed by atoms with van der Waals surface area (Å²) in [6.07, 6.45) is 1.76. The van der Waals surface area contributed by atoms with Crippen LogP contribution in [0.2, 0.25) is 0 Å². The van der Waals surface area contributed by atoms with Gasteiger partial charge in [0.15, 0.2) is 0 Å². The van der Waals surface area contributed by atoms with Gasteiger partial charge in [-0.3, -0.25) is 14.5 Å². The summed E-state index contributed by atoms with van der Waals surface area (Å²) in [5, 5.41) is -0.242. The third kappa shape index (κ3) is 5.74. The molecule has 1 heterocycles. The van der Waals surface area contributed by atoms with Gasteiger partial charge in [-0.1, -0.05) is 87.5 Å². The van der Waals surface area contributed by atoms with E-state index >= 15 is 0 Å². The monoisotopic (exact) mass is 457 g/mol. The molecule has 1 fully saturated rings. The molecule has 0 spiro atoms. The topological polar surface area (TPSA) is 46.6 Å². The second kappa shape index (κ2) is 9.67. The second-order valence-corrected chi connectivity index (χ2v) is 10.1. The van der Waals surface area contributed by atoms with Crippen LogP contribution in [0.4, 0.5) is 4.79 Å². The van der Waals surface area contributed by atoms with Crippen LogP contribution in [-0.2, 0) is 23.4 Å². The average molecular weight is 458 g/mol. The van der Waals surface area contributed by atoms with Crippen LogP contribution in [0, 0.1) is 0 Å². The fourth-order valence-electron chi connectivity index (χ4n) is 3.48. The van der Waals surface area contributed by atoms with Crippen LogP contribution in [-0.4, -0.2) is 16.0 Å². The Bertz CT molecular complexity index is 1160. The van der Waals surface area contributed by atoms with E-state index in [0.29, 0.717) is 11.5 Å². The maximum atomic E-state index is 12.9. The van der Waals surface area contributed by atoms with Crippen molar-refractivity contribution in [1.82, 2.24) is 4.90 Å². The molecule has 1 saturated heterocycles. The number of thioether (sulfide) groups is 1. The van der Waals surface area contributed by atoms with E-state index < -0.39 is 0 Å². The lowest BCUT2D eigenvalue weighted by molar-refractivity contribution is -0.123. The number of benzene rings is 3. The molecule has 0 saturated carbocycles. The molecular weight excluding hydrogens is 430 g/mol. The Labute approximate surface area is 199 Å². The first-order valence-electron chi connectivity index (χ1n) is 10.9. The third-order valence-electron chi connectivity index (χ3n) is 5.46. The summed E-state index contributed by atoms with van der Waals surface area (Å²) in [5.74, 6) is 0.497. The molecule has 168 valence electrons. The van der Waals surface area contributed by atoms with E-state index in [1.807, 2.05) is 66.7 Å². The number of hydrogen-bond acceptors (Lipinski definition) is 4. The maximum absolute atomic E-state index is 12.9. The van der Waals surface area contributed by atoms with E-state index in [0.717, 1.165) is 34.2 Å². The molecule has 0 radical (unpaired) electrons. The first-order chi connectivity index (χ1) is 15.8. The molecule has 3 aromatic rings. The van der Waals surface area contributed by atoms with Gasteiger partial charge in [-0.15, -0.1) is 0 Å². The maximum Gasteiger partial charge on any atom is 0.293 e. The lowest BCUT2D eigenvalue weighted by atomic mass is 9.87. The zero-order valence-corrected chi connectivity index (χ0v) is 19.9. The summed E-state index contributed by atoms with van der Waals surface area (Å²) >= 11 is 0.982. The predicted molar refractivity (Wildman–Crippen MR) is 134 cm³/mol. The molecule has 0 bridgehead atoms. The molecule has 0 N–H and O–H groups in total. The third-order valence-corrected chi connectivity index (χ3v) is 6.37. The quantitative estimate of drug-likeness (QED) is 0.382. The highest BCUT2D eigenvalue weighted by Gasteiger charge is 2.35. The Morgan fingerprint density at radius 3 is 2.15 bits per heavy atom. The molecule has 1 aliphatic heterocycles. The molecule has 5 heteroatoms. The standard InChI is InChI=1S/C28H27NO3S/c1-28(2,3)23-13-9-21(10-14-23)18-29-26(30)25(33-27(29)31)17-20-11-15-24(16-12-20)32-19-22-7-5-4-6-8-22/h4-17H,18-19H2,1-3H3/b25-17-. The van der Waals surface area contributed by atoms with Gasteiger partial charge in [0.2, 0.25) is 0 Å². The van der Waals surface area contributed by atoms with Gasteiger partial charge in [0.25, 0.3) is 11.1 Å². The van der Waals surface area contributed by atoms with Crippen LogP contribution in [0.15, 0.2) is 83.8 Å². The molecule has 3 aromatic carbocycles. The van der Waals surface area contributed by atoms with Crippen molar-refractivity contribution in [3.05, 3.63) is 106 Å².